The normalized spacial score (nSPS) is 23.6. The molecule has 0 spiro atoms. The summed E-state index contributed by atoms with van der Waals surface area (Å²) in [6, 6.07) is 7.14. The summed E-state index contributed by atoms with van der Waals surface area (Å²) >= 11 is 0. The minimum absolute atomic E-state index is 0.0154. The van der Waals surface area contributed by atoms with Gasteiger partial charge in [0.25, 0.3) is 5.91 Å². The molecular weight excluding hydrogens is 376 g/mol. The molecule has 1 aromatic carbocycles. The van der Waals surface area contributed by atoms with Crippen molar-refractivity contribution in [3.8, 4) is 0 Å². The van der Waals surface area contributed by atoms with E-state index in [0.717, 1.165) is 51.4 Å². The maximum atomic E-state index is 13.5. The standard InChI is InChI=1S/C25H34N2O3/c1-17(2)18-12-14-21(15-13-18)27-23(28)16-22(25(27)30)26(20-10-6-7-11-20)24(29)19-8-4-3-5-9-19/h12-15,17,19-20,22H,3-11,16H2,1-2H3. The van der Waals surface area contributed by atoms with Crippen LogP contribution < -0.4 is 4.90 Å². The number of anilines is 1. The van der Waals surface area contributed by atoms with Crippen LogP contribution in [0.4, 0.5) is 5.69 Å². The first-order valence-corrected chi connectivity index (χ1v) is 11.8. The fourth-order valence-corrected chi connectivity index (χ4v) is 5.44. The number of nitrogens with zero attached hydrogens (tertiary/aromatic N) is 2. The Labute approximate surface area is 179 Å². The number of amides is 3. The number of imide groups is 1. The summed E-state index contributed by atoms with van der Waals surface area (Å²) in [5.74, 6) is 0.101. The molecule has 1 aliphatic heterocycles. The zero-order chi connectivity index (χ0) is 21.3. The molecule has 3 aliphatic rings. The lowest BCUT2D eigenvalue weighted by Crippen LogP contribution is -2.52. The Kier molecular flexibility index (Phi) is 6.26. The summed E-state index contributed by atoms with van der Waals surface area (Å²) in [5, 5.41) is 0. The van der Waals surface area contributed by atoms with Crippen molar-refractivity contribution in [3.05, 3.63) is 29.8 Å². The Morgan fingerprint density at radius 1 is 0.933 bits per heavy atom. The van der Waals surface area contributed by atoms with Crippen molar-refractivity contribution in [2.45, 2.75) is 96.1 Å². The van der Waals surface area contributed by atoms with Gasteiger partial charge in [-0.15, -0.1) is 0 Å². The molecule has 30 heavy (non-hydrogen) atoms. The largest absolute Gasteiger partial charge is 0.327 e. The highest BCUT2D eigenvalue weighted by molar-refractivity contribution is 6.23. The lowest BCUT2D eigenvalue weighted by molar-refractivity contribution is -0.145. The lowest BCUT2D eigenvalue weighted by atomic mass is 9.87. The minimum Gasteiger partial charge on any atom is -0.327 e. The van der Waals surface area contributed by atoms with Crippen LogP contribution in [0, 0.1) is 5.92 Å². The van der Waals surface area contributed by atoms with Gasteiger partial charge in [-0.25, -0.2) is 4.90 Å². The van der Waals surface area contributed by atoms with Crippen molar-refractivity contribution in [2.75, 3.05) is 4.90 Å². The highest BCUT2D eigenvalue weighted by Gasteiger charge is 2.47. The van der Waals surface area contributed by atoms with Crippen LogP contribution in [0.3, 0.4) is 0 Å². The zero-order valence-corrected chi connectivity index (χ0v) is 18.3. The topological polar surface area (TPSA) is 57.7 Å². The van der Waals surface area contributed by atoms with Gasteiger partial charge in [0.15, 0.2) is 0 Å². The Bertz CT molecular complexity index is 789. The van der Waals surface area contributed by atoms with Crippen LogP contribution in [-0.4, -0.2) is 34.7 Å². The highest BCUT2D eigenvalue weighted by Crippen LogP contribution is 2.35. The van der Waals surface area contributed by atoms with E-state index >= 15 is 0 Å². The van der Waals surface area contributed by atoms with E-state index in [0.29, 0.717) is 11.6 Å². The first-order valence-electron chi connectivity index (χ1n) is 11.8. The third-order valence-electron chi connectivity index (χ3n) is 7.20. The average Bonchev–Trinajstić information content (AvgIpc) is 3.38. The summed E-state index contributed by atoms with van der Waals surface area (Å²) in [5.41, 5.74) is 1.79. The van der Waals surface area contributed by atoms with Crippen LogP contribution in [0.25, 0.3) is 0 Å². The van der Waals surface area contributed by atoms with Crippen molar-refractivity contribution in [1.82, 2.24) is 4.90 Å². The first kappa shape index (κ1) is 21.1. The monoisotopic (exact) mass is 410 g/mol. The van der Waals surface area contributed by atoms with Gasteiger partial charge in [0.2, 0.25) is 11.8 Å². The molecule has 3 amide bonds. The minimum atomic E-state index is -0.639. The fraction of sp³-hybridized carbons (Fsp3) is 0.640. The maximum Gasteiger partial charge on any atom is 0.257 e. The van der Waals surface area contributed by atoms with Gasteiger partial charge in [0, 0.05) is 12.0 Å². The average molecular weight is 411 g/mol. The van der Waals surface area contributed by atoms with Crippen LogP contribution in [0.5, 0.6) is 0 Å². The molecule has 1 saturated heterocycles. The second-order valence-electron chi connectivity index (χ2n) is 9.55. The van der Waals surface area contributed by atoms with E-state index in [2.05, 4.69) is 13.8 Å². The molecule has 1 unspecified atom stereocenters. The SMILES string of the molecule is CC(C)c1ccc(N2C(=O)CC(N(C(=O)C3CCCCC3)C3CCCC3)C2=O)cc1. The second kappa shape index (κ2) is 8.91. The van der Waals surface area contributed by atoms with E-state index < -0.39 is 6.04 Å². The van der Waals surface area contributed by atoms with E-state index in [-0.39, 0.29) is 36.1 Å². The number of rotatable bonds is 5. The van der Waals surface area contributed by atoms with Crippen molar-refractivity contribution in [1.29, 1.82) is 0 Å². The van der Waals surface area contributed by atoms with E-state index in [4.69, 9.17) is 0 Å². The molecule has 1 atom stereocenters. The Morgan fingerprint density at radius 2 is 1.53 bits per heavy atom. The van der Waals surface area contributed by atoms with Crippen LogP contribution in [0.15, 0.2) is 24.3 Å². The number of carbonyl (C=O) groups is 3. The quantitative estimate of drug-likeness (QED) is 0.656. The van der Waals surface area contributed by atoms with Crippen molar-refractivity contribution >= 4 is 23.4 Å². The molecule has 1 aromatic rings. The van der Waals surface area contributed by atoms with E-state index in [1.807, 2.05) is 29.2 Å². The molecule has 2 saturated carbocycles. The molecule has 0 aromatic heterocycles. The van der Waals surface area contributed by atoms with Gasteiger partial charge in [-0.05, 0) is 49.3 Å². The molecule has 0 bridgehead atoms. The summed E-state index contributed by atoms with van der Waals surface area (Å²) in [6.45, 7) is 4.24. The Hall–Kier alpha value is -2.17. The lowest BCUT2D eigenvalue weighted by Gasteiger charge is -2.36. The maximum absolute atomic E-state index is 13.5. The third-order valence-corrected chi connectivity index (χ3v) is 7.20. The van der Waals surface area contributed by atoms with Gasteiger partial charge in [0.05, 0.1) is 12.1 Å². The Balaban J connectivity index is 1.59. The molecule has 2 aliphatic carbocycles. The zero-order valence-electron chi connectivity index (χ0n) is 18.3. The molecule has 4 rings (SSSR count). The molecule has 0 radical (unpaired) electrons. The highest BCUT2D eigenvalue weighted by atomic mass is 16.2. The fourth-order valence-electron chi connectivity index (χ4n) is 5.44. The van der Waals surface area contributed by atoms with Gasteiger partial charge >= 0.3 is 0 Å². The predicted octanol–water partition coefficient (Wildman–Crippen LogP) is 4.79. The van der Waals surface area contributed by atoms with Crippen LogP contribution in [-0.2, 0) is 14.4 Å². The second-order valence-corrected chi connectivity index (χ2v) is 9.55. The van der Waals surface area contributed by atoms with Crippen molar-refractivity contribution in [2.24, 2.45) is 5.92 Å². The molecule has 0 N–H and O–H groups in total. The van der Waals surface area contributed by atoms with Gasteiger partial charge < -0.3 is 4.90 Å². The smallest absolute Gasteiger partial charge is 0.257 e. The molecule has 5 nitrogen and oxygen atoms in total. The van der Waals surface area contributed by atoms with Crippen molar-refractivity contribution in [3.63, 3.8) is 0 Å². The van der Waals surface area contributed by atoms with E-state index in [1.165, 1.54) is 16.9 Å². The molecule has 1 heterocycles. The molecule has 162 valence electrons. The van der Waals surface area contributed by atoms with Crippen molar-refractivity contribution < 1.29 is 14.4 Å². The number of hydrogen-bond donors (Lipinski definition) is 0. The van der Waals surface area contributed by atoms with Gasteiger partial charge in [-0.1, -0.05) is 58.1 Å². The number of carbonyl (C=O) groups excluding carboxylic acids is 3. The summed E-state index contributed by atoms with van der Waals surface area (Å²) in [4.78, 5) is 43.0. The predicted molar refractivity (Wildman–Crippen MR) is 117 cm³/mol. The Morgan fingerprint density at radius 3 is 2.13 bits per heavy atom. The summed E-state index contributed by atoms with van der Waals surface area (Å²) in [6.07, 6.45) is 9.37. The van der Waals surface area contributed by atoms with Crippen LogP contribution >= 0.6 is 0 Å². The summed E-state index contributed by atoms with van der Waals surface area (Å²) in [7, 11) is 0. The van der Waals surface area contributed by atoms with E-state index in [9.17, 15) is 14.4 Å². The van der Waals surface area contributed by atoms with E-state index in [1.54, 1.807) is 0 Å². The van der Waals surface area contributed by atoms with Gasteiger partial charge in [0.1, 0.15) is 6.04 Å². The molecule has 5 heteroatoms. The molecule has 3 fully saturated rings. The van der Waals surface area contributed by atoms with Gasteiger partial charge in [-0.2, -0.15) is 0 Å². The van der Waals surface area contributed by atoms with Crippen LogP contribution in [0.1, 0.15) is 89.5 Å². The first-order chi connectivity index (χ1) is 14.5. The number of hydrogen-bond acceptors (Lipinski definition) is 3. The number of benzene rings is 1. The molecular formula is C25H34N2O3. The van der Waals surface area contributed by atoms with Crippen LogP contribution in [0.2, 0.25) is 0 Å². The third kappa shape index (κ3) is 4.03. The van der Waals surface area contributed by atoms with Gasteiger partial charge in [-0.3, -0.25) is 14.4 Å². The summed E-state index contributed by atoms with van der Waals surface area (Å²) < 4.78 is 0.